The number of ether oxygens (including phenoxy) is 1. The monoisotopic (exact) mass is 284 g/mol. The predicted molar refractivity (Wildman–Crippen MR) is 82.2 cm³/mol. The number of nitrogens with zero attached hydrogens (tertiary/aromatic N) is 1. The molecule has 0 unspecified atom stereocenters. The number of hydrogen-bond donors (Lipinski definition) is 1. The molecule has 3 nitrogen and oxygen atoms in total. The molecule has 0 atom stereocenters. The van der Waals surface area contributed by atoms with Gasteiger partial charge in [0.15, 0.2) is 0 Å². The van der Waals surface area contributed by atoms with Gasteiger partial charge in [0, 0.05) is 18.7 Å². The minimum atomic E-state index is 0. The predicted octanol–water partition coefficient (Wildman–Crippen LogP) is 2.55. The molecule has 1 aromatic carbocycles. The summed E-state index contributed by atoms with van der Waals surface area (Å²) in [6.45, 7) is 4.49. The molecule has 1 N–H and O–H groups in total. The van der Waals surface area contributed by atoms with Gasteiger partial charge in [0.25, 0.3) is 0 Å². The van der Waals surface area contributed by atoms with Crippen LogP contribution in [0.3, 0.4) is 0 Å². The van der Waals surface area contributed by atoms with Crippen molar-refractivity contribution in [2.45, 2.75) is 19.4 Å². The summed E-state index contributed by atoms with van der Waals surface area (Å²) in [7, 11) is 3.94. The van der Waals surface area contributed by atoms with Crippen molar-refractivity contribution in [2.24, 2.45) is 5.92 Å². The van der Waals surface area contributed by atoms with Crippen molar-refractivity contribution in [3.05, 3.63) is 29.8 Å². The van der Waals surface area contributed by atoms with Crippen LogP contribution in [0.15, 0.2) is 24.3 Å². The standard InChI is InChI=1S/C15H24N2O.ClH/c1-17(11-13-7-9-16-10-8-13)12-14-5-3-4-6-15(14)18-2;/h3-6,13,16H,7-12H2,1-2H3;1H. The molecule has 0 amide bonds. The van der Waals surface area contributed by atoms with Gasteiger partial charge >= 0.3 is 0 Å². The highest BCUT2D eigenvalue weighted by molar-refractivity contribution is 5.85. The number of hydrogen-bond acceptors (Lipinski definition) is 3. The van der Waals surface area contributed by atoms with Crippen molar-refractivity contribution < 1.29 is 4.74 Å². The smallest absolute Gasteiger partial charge is 0.123 e. The van der Waals surface area contributed by atoms with Crippen molar-refractivity contribution >= 4 is 12.4 Å². The molecule has 2 rings (SSSR count). The van der Waals surface area contributed by atoms with Gasteiger partial charge in [-0.15, -0.1) is 12.4 Å². The number of methoxy groups -OCH3 is 1. The molecule has 0 bridgehead atoms. The summed E-state index contributed by atoms with van der Waals surface area (Å²) in [6.07, 6.45) is 2.60. The van der Waals surface area contributed by atoms with E-state index in [1.165, 1.54) is 38.0 Å². The molecule has 0 radical (unpaired) electrons. The first-order valence-corrected chi connectivity index (χ1v) is 6.80. The van der Waals surface area contributed by atoms with E-state index in [2.05, 4.69) is 29.4 Å². The third-order valence-electron chi connectivity index (χ3n) is 3.66. The van der Waals surface area contributed by atoms with E-state index in [-0.39, 0.29) is 12.4 Å². The average Bonchev–Trinajstić information content (AvgIpc) is 2.40. The van der Waals surface area contributed by atoms with Crippen molar-refractivity contribution in [3.63, 3.8) is 0 Å². The Morgan fingerprint density at radius 3 is 2.63 bits per heavy atom. The van der Waals surface area contributed by atoms with Gasteiger partial charge in [-0.2, -0.15) is 0 Å². The topological polar surface area (TPSA) is 24.5 Å². The Labute approximate surface area is 122 Å². The Hall–Kier alpha value is -0.770. The van der Waals surface area contributed by atoms with Gasteiger partial charge < -0.3 is 15.0 Å². The van der Waals surface area contributed by atoms with Crippen LogP contribution in [0, 0.1) is 5.92 Å². The molecule has 1 aliphatic rings. The zero-order valence-electron chi connectivity index (χ0n) is 11.9. The number of benzene rings is 1. The van der Waals surface area contributed by atoms with E-state index >= 15 is 0 Å². The van der Waals surface area contributed by atoms with Crippen molar-refractivity contribution in [1.82, 2.24) is 10.2 Å². The zero-order chi connectivity index (χ0) is 12.8. The van der Waals surface area contributed by atoms with Crippen molar-refractivity contribution in [1.29, 1.82) is 0 Å². The van der Waals surface area contributed by atoms with Gasteiger partial charge in [-0.05, 0) is 45.0 Å². The molecule has 4 heteroatoms. The second-order valence-corrected chi connectivity index (χ2v) is 5.20. The van der Waals surface area contributed by atoms with Gasteiger partial charge in [0.1, 0.15) is 5.75 Å². The lowest BCUT2D eigenvalue weighted by Gasteiger charge is -2.27. The molecule has 108 valence electrons. The molecule has 1 aromatic rings. The van der Waals surface area contributed by atoms with E-state index in [9.17, 15) is 0 Å². The van der Waals surface area contributed by atoms with Crippen LogP contribution in [-0.2, 0) is 6.54 Å². The first kappa shape index (κ1) is 16.3. The Bertz CT molecular complexity index is 367. The summed E-state index contributed by atoms with van der Waals surface area (Å²) >= 11 is 0. The molecule has 0 spiro atoms. The SMILES string of the molecule is COc1ccccc1CN(C)CC1CCNCC1.Cl. The molecular formula is C15H25ClN2O. The second kappa shape index (κ2) is 8.41. The van der Waals surface area contributed by atoms with Gasteiger partial charge in [-0.3, -0.25) is 0 Å². The highest BCUT2D eigenvalue weighted by Crippen LogP contribution is 2.20. The Kier molecular flexibility index (Phi) is 7.21. The Morgan fingerprint density at radius 2 is 1.95 bits per heavy atom. The van der Waals surface area contributed by atoms with Crippen LogP contribution in [0.5, 0.6) is 5.75 Å². The van der Waals surface area contributed by atoms with E-state index < -0.39 is 0 Å². The van der Waals surface area contributed by atoms with Crippen LogP contribution < -0.4 is 10.1 Å². The fourth-order valence-electron chi connectivity index (χ4n) is 2.69. The normalized spacial score (nSPS) is 16.2. The van der Waals surface area contributed by atoms with Gasteiger partial charge in [0.05, 0.1) is 7.11 Å². The first-order valence-electron chi connectivity index (χ1n) is 6.80. The highest BCUT2D eigenvalue weighted by atomic mass is 35.5. The number of piperidine rings is 1. The maximum absolute atomic E-state index is 5.40. The molecule has 1 fully saturated rings. The third kappa shape index (κ3) is 5.01. The van der Waals surface area contributed by atoms with Crippen LogP contribution >= 0.6 is 12.4 Å². The molecule has 1 saturated heterocycles. The Balaban J connectivity index is 0.00000180. The highest BCUT2D eigenvalue weighted by Gasteiger charge is 2.15. The van der Waals surface area contributed by atoms with Crippen LogP contribution in [0.2, 0.25) is 0 Å². The molecule has 0 aliphatic carbocycles. The van der Waals surface area contributed by atoms with Crippen LogP contribution in [0.1, 0.15) is 18.4 Å². The Morgan fingerprint density at radius 1 is 1.26 bits per heavy atom. The minimum Gasteiger partial charge on any atom is -0.496 e. The summed E-state index contributed by atoms with van der Waals surface area (Å²) in [6, 6.07) is 8.29. The van der Waals surface area contributed by atoms with Crippen LogP contribution in [-0.4, -0.2) is 38.7 Å². The lowest BCUT2D eigenvalue weighted by atomic mass is 9.97. The van der Waals surface area contributed by atoms with E-state index in [1.54, 1.807) is 7.11 Å². The van der Waals surface area contributed by atoms with E-state index in [0.29, 0.717) is 0 Å². The molecule has 19 heavy (non-hydrogen) atoms. The average molecular weight is 285 g/mol. The lowest BCUT2D eigenvalue weighted by molar-refractivity contribution is 0.232. The maximum Gasteiger partial charge on any atom is 0.123 e. The molecule has 0 aromatic heterocycles. The maximum atomic E-state index is 5.40. The number of nitrogens with one attached hydrogen (secondary N) is 1. The first-order chi connectivity index (χ1) is 8.79. The zero-order valence-corrected chi connectivity index (χ0v) is 12.7. The second-order valence-electron chi connectivity index (χ2n) is 5.20. The van der Waals surface area contributed by atoms with Gasteiger partial charge in [-0.1, -0.05) is 18.2 Å². The number of halogens is 1. The third-order valence-corrected chi connectivity index (χ3v) is 3.66. The fraction of sp³-hybridized carbons (Fsp3) is 0.600. The van der Waals surface area contributed by atoms with Gasteiger partial charge in [0.2, 0.25) is 0 Å². The summed E-state index contributed by atoms with van der Waals surface area (Å²) in [5.41, 5.74) is 1.27. The quantitative estimate of drug-likeness (QED) is 0.899. The van der Waals surface area contributed by atoms with E-state index in [4.69, 9.17) is 4.74 Å². The van der Waals surface area contributed by atoms with E-state index in [1.807, 2.05) is 12.1 Å². The van der Waals surface area contributed by atoms with Crippen LogP contribution in [0.4, 0.5) is 0 Å². The molecule has 0 saturated carbocycles. The summed E-state index contributed by atoms with van der Waals surface area (Å²) < 4.78 is 5.40. The molecule has 1 aliphatic heterocycles. The summed E-state index contributed by atoms with van der Waals surface area (Å²) in [5.74, 6) is 1.83. The summed E-state index contributed by atoms with van der Waals surface area (Å²) in [4.78, 5) is 2.41. The fourth-order valence-corrected chi connectivity index (χ4v) is 2.69. The molecule has 1 heterocycles. The van der Waals surface area contributed by atoms with E-state index in [0.717, 1.165) is 18.2 Å². The van der Waals surface area contributed by atoms with Crippen molar-refractivity contribution in [2.75, 3.05) is 33.8 Å². The largest absolute Gasteiger partial charge is 0.496 e. The minimum absolute atomic E-state index is 0. The number of para-hydroxylation sites is 1. The van der Waals surface area contributed by atoms with Crippen LogP contribution in [0.25, 0.3) is 0 Å². The van der Waals surface area contributed by atoms with Gasteiger partial charge in [-0.25, -0.2) is 0 Å². The molecular weight excluding hydrogens is 260 g/mol. The summed E-state index contributed by atoms with van der Waals surface area (Å²) in [5, 5.41) is 3.42. The lowest BCUT2D eigenvalue weighted by Crippen LogP contribution is -2.34. The van der Waals surface area contributed by atoms with Crippen molar-refractivity contribution in [3.8, 4) is 5.75 Å². The number of rotatable bonds is 5.